The number of fused-ring (bicyclic) bond motifs is 2. The Kier molecular flexibility index (Phi) is 2.39. The zero-order valence-corrected chi connectivity index (χ0v) is 12.7. The molecule has 1 aromatic heterocycles. The topological polar surface area (TPSA) is 74.0 Å². The van der Waals surface area contributed by atoms with Crippen molar-refractivity contribution in [2.45, 2.75) is 37.6 Å². The predicted molar refractivity (Wildman–Crippen MR) is 86.3 cm³/mol. The van der Waals surface area contributed by atoms with E-state index >= 15 is 0 Å². The van der Waals surface area contributed by atoms with E-state index in [4.69, 9.17) is 0 Å². The van der Waals surface area contributed by atoms with Crippen molar-refractivity contribution < 1.29 is 9.59 Å². The molecule has 2 amide bonds. The standard InChI is InChI=1S/C18H17N3O2/c22-16-14-10-9-19-12-6-4-5-11(13(10)12)18(7-2-1-3-8-18)21-15(14)17(23)20-16/h4-6,9,19,21H,1-3,7-8H2,(H,20,22,23). The summed E-state index contributed by atoms with van der Waals surface area (Å²) in [6.45, 7) is 0. The molecule has 5 rings (SSSR count). The second-order valence-electron chi connectivity index (χ2n) is 6.73. The first-order valence-corrected chi connectivity index (χ1v) is 8.19. The summed E-state index contributed by atoms with van der Waals surface area (Å²) in [6.07, 6.45) is 7.29. The van der Waals surface area contributed by atoms with Gasteiger partial charge in [0, 0.05) is 22.7 Å². The lowest BCUT2D eigenvalue weighted by Gasteiger charge is -2.39. The average molecular weight is 307 g/mol. The molecular formula is C18H17N3O2. The van der Waals surface area contributed by atoms with Crippen LogP contribution in [0.4, 0.5) is 0 Å². The first-order valence-electron chi connectivity index (χ1n) is 8.19. The van der Waals surface area contributed by atoms with E-state index < -0.39 is 0 Å². The van der Waals surface area contributed by atoms with Gasteiger partial charge in [-0.25, -0.2) is 0 Å². The van der Waals surface area contributed by atoms with Crippen molar-refractivity contribution in [1.29, 1.82) is 0 Å². The van der Waals surface area contributed by atoms with Gasteiger partial charge in [0.05, 0.1) is 11.1 Å². The fourth-order valence-corrected chi connectivity index (χ4v) is 4.47. The second-order valence-corrected chi connectivity index (χ2v) is 6.73. The number of amides is 2. The SMILES string of the molecule is O=C1NC(=O)C2=C1NC1(CCCCC1)c1cccc3[nH]cc2c13. The number of hydrogen-bond acceptors (Lipinski definition) is 3. The van der Waals surface area contributed by atoms with Gasteiger partial charge in [-0.1, -0.05) is 31.4 Å². The molecule has 1 saturated carbocycles. The lowest BCUT2D eigenvalue weighted by atomic mass is 9.75. The van der Waals surface area contributed by atoms with Gasteiger partial charge in [0.25, 0.3) is 11.8 Å². The molecule has 3 aliphatic rings. The van der Waals surface area contributed by atoms with Crippen LogP contribution in [0.25, 0.3) is 16.5 Å². The minimum Gasteiger partial charge on any atom is -0.370 e. The molecule has 2 aliphatic heterocycles. The number of H-pyrrole nitrogens is 1. The van der Waals surface area contributed by atoms with Crippen molar-refractivity contribution in [3.05, 3.63) is 41.2 Å². The third-order valence-corrected chi connectivity index (χ3v) is 5.49. The molecule has 1 aromatic carbocycles. The average Bonchev–Trinajstić information content (AvgIpc) is 3.05. The van der Waals surface area contributed by atoms with Crippen LogP contribution in [0.1, 0.15) is 43.2 Å². The Morgan fingerprint density at radius 2 is 1.83 bits per heavy atom. The number of benzene rings is 1. The molecule has 0 saturated heterocycles. The lowest BCUT2D eigenvalue weighted by molar-refractivity contribution is -0.123. The minimum absolute atomic E-state index is 0.256. The normalized spacial score (nSPS) is 22.1. The fourth-order valence-electron chi connectivity index (χ4n) is 4.47. The molecule has 0 radical (unpaired) electrons. The van der Waals surface area contributed by atoms with Crippen molar-refractivity contribution in [1.82, 2.24) is 15.6 Å². The number of rotatable bonds is 0. The maximum Gasteiger partial charge on any atom is 0.275 e. The summed E-state index contributed by atoms with van der Waals surface area (Å²) in [5.74, 6) is -0.613. The van der Waals surface area contributed by atoms with E-state index in [-0.39, 0.29) is 17.4 Å². The Labute approximate surface area is 133 Å². The largest absolute Gasteiger partial charge is 0.370 e. The summed E-state index contributed by atoms with van der Waals surface area (Å²) >= 11 is 0. The minimum atomic E-state index is -0.308. The van der Waals surface area contributed by atoms with E-state index in [2.05, 4.69) is 21.7 Å². The van der Waals surface area contributed by atoms with Crippen LogP contribution >= 0.6 is 0 Å². The smallest absolute Gasteiger partial charge is 0.275 e. The van der Waals surface area contributed by atoms with Crippen molar-refractivity contribution in [3.8, 4) is 0 Å². The number of hydrogen-bond donors (Lipinski definition) is 3. The van der Waals surface area contributed by atoms with Crippen LogP contribution in [0.3, 0.4) is 0 Å². The highest BCUT2D eigenvalue weighted by Gasteiger charge is 2.44. The molecule has 3 N–H and O–H groups in total. The molecule has 5 heteroatoms. The Morgan fingerprint density at radius 3 is 2.65 bits per heavy atom. The zero-order chi connectivity index (χ0) is 15.6. The van der Waals surface area contributed by atoms with Crippen molar-refractivity contribution in [2.75, 3.05) is 0 Å². The summed E-state index contributed by atoms with van der Waals surface area (Å²) in [5.41, 5.74) is 3.73. The van der Waals surface area contributed by atoms with Gasteiger partial charge in [-0.2, -0.15) is 0 Å². The Bertz CT molecular complexity index is 900. The first kappa shape index (κ1) is 12.9. The number of carbonyl (C=O) groups is 2. The predicted octanol–water partition coefficient (Wildman–Crippen LogP) is 2.30. The van der Waals surface area contributed by atoms with Gasteiger partial charge in [0.2, 0.25) is 0 Å². The lowest BCUT2D eigenvalue weighted by Crippen LogP contribution is -2.45. The molecular weight excluding hydrogens is 290 g/mol. The highest BCUT2D eigenvalue weighted by Crippen LogP contribution is 2.46. The summed E-state index contributed by atoms with van der Waals surface area (Å²) in [6, 6.07) is 6.22. The van der Waals surface area contributed by atoms with Gasteiger partial charge in [-0.05, 0) is 24.5 Å². The molecule has 2 aromatic rings. The van der Waals surface area contributed by atoms with Crippen LogP contribution in [-0.2, 0) is 15.1 Å². The second kappa shape index (κ2) is 4.25. The zero-order valence-electron chi connectivity index (χ0n) is 12.7. The van der Waals surface area contributed by atoms with Crippen molar-refractivity contribution in [3.63, 3.8) is 0 Å². The van der Waals surface area contributed by atoms with Gasteiger partial charge in [-0.15, -0.1) is 0 Å². The van der Waals surface area contributed by atoms with E-state index in [0.717, 1.165) is 42.1 Å². The number of carbonyl (C=O) groups excluding carboxylic acids is 2. The molecule has 0 unspecified atom stereocenters. The molecule has 116 valence electrons. The highest BCUT2D eigenvalue weighted by atomic mass is 16.2. The Balaban J connectivity index is 1.89. The number of aromatic amines is 1. The number of imide groups is 1. The molecule has 23 heavy (non-hydrogen) atoms. The van der Waals surface area contributed by atoms with Gasteiger partial charge in [0.1, 0.15) is 5.70 Å². The number of aromatic nitrogens is 1. The van der Waals surface area contributed by atoms with E-state index in [1.54, 1.807) is 0 Å². The maximum absolute atomic E-state index is 12.3. The van der Waals surface area contributed by atoms with Crippen molar-refractivity contribution in [2.24, 2.45) is 0 Å². The van der Waals surface area contributed by atoms with E-state index in [0.29, 0.717) is 11.3 Å². The molecule has 0 bridgehead atoms. The number of nitrogens with one attached hydrogen (secondary N) is 3. The maximum atomic E-state index is 12.3. The summed E-state index contributed by atoms with van der Waals surface area (Å²) in [4.78, 5) is 27.9. The van der Waals surface area contributed by atoms with Crippen LogP contribution in [0.15, 0.2) is 30.1 Å². The van der Waals surface area contributed by atoms with Crippen LogP contribution in [-0.4, -0.2) is 16.8 Å². The summed E-state index contributed by atoms with van der Waals surface area (Å²) in [7, 11) is 0. The van der Waals surface area contributed by atoms with E-state index in [1.165, 1.54) is 12.0 Å². The van der Waals surface area contributed by atoms with E-state index in [9.17, 15) is 9.59 Å². The summed E-state index contributed by atoms with van der Waals surface area (Å²) in [5, 5.41) is 7.02. The van der Waals surface area contributed by atoms with Crippen LogP contribution in [0.5, 0.6) is 0 Å². The van der Waals surface area contributed by atoms with Crippen LogP contribution in [0.2, 0.25) is 0 Å². The molecule has 1 spiro atoms. The third kappa shape index (κ3) is 1.57. The van der Waals surface area contributed by atoms with Gasteiger partial charge < -0.3 is 10.3 Å². The van der Waals surface area contributed by atoms with Crippen molar-refractivity contribution >= 4 is 28.3 Å². The van der Waals surface area contributed by atoms with Gasteiger partial charge in [0.15, 0.2) is 0 Å². The molecule has 5 nitrogen and oxygen atoms in total. The van der Waals surface area contributed by atoms with Crippen LogP contribution in [0, 0.1) is 0 Å². The van der Waals surface area contributed by atoms with Gasteiger partial charge >= 0.3 is 0 Å². The molecule has 3 heterocycles. The molecule has 1 fully saturated rings. The Hall–Kier alpha value is -2.56. The summed E-state index contributed by atoms with van der Waals surface area (Å²) < 4.78 is 0. The van der Waals surface area contributed by atoms with E-state index in [1.807, 2.05) is 18.3 Å². The quantitative estimate of drug-likeness (QED) is 0.654. The van der Waals surface area contributed by atoms with Crippen LogP contribution < -0.4 is 10.6 Å². The van der Waals surface area contributed by atoms with Gasteiger partial charge in [-0.3, -0.25) is 14.9 Å². The third-order valence-electron chi connectivity index (χ3n) is 5.49. The molecule has 0 atom stereocenters. The Morgan fingerprint density at radius 1 is 1.00 bits per heavy atom. The molecule has 1 aliphatic carbocycles. The monoisotopic (exact) mass is 307 g/mol. The first-order chi connectivity index (χ1) is 11.2. The fraction of sp³-hybridized carbons (Fsp3) is 0.333. The highest BCUT2D eigenvalue weighted by molar-refractivity contribution is 6.37.